The van der Waals surface area contributed by atoms with Crippen LogP contribution in [0.25, 0.3) is 0 Å². The van der Waals surface area contributed by atoms with E-state index in [1.165, 1.54) is 7.11 Å². The summed E-state index contributed by atoms with van der Waals surface area (Å²) in [5.41, 5.74) is 1.05. The minimum atomic E-state index is -0.495. The number of hydrogen-bond donors (Lipinski definition) is 0. The summed E-state index contributed by atoms with van der Waals surface area (Å²) >= 11 is 0. The molecule has 0 amide bonds. The molecule has 0 aliphatic heterocycles. The predicted octanol–water partition coefficient (Wildman–Crippen LogP) is 2.40. The van der Waals surface area contributed by atoms with Crippen molar-refractivity contribution in [3.63, 3.8) is 0 Å². The highest BCUT2D eigenvalue weighted by molar-refractivity contribution is 5.74. The van der Waals surface area contributed by atoms with Gasteiger partial charge in [0, 0.05) is 0 Å². The summed E-state index contributed by atoms with van der Waals surface area (Å²) in [5, 5.41) is 0. The molecule has 0 N–H and O–H groups in total. The quantitative estimate of drug-likeness (QED) is 0.718. The maximum absolute atomic E-state index is 11.4. The molecule has 0 heterocycles. The Kier molecular flexibility index (Phi) is 4.99. The normalized spacial score (nSPS) is 12.5. The van der Waals surface area contributed by atoms with Crippen LogP contribution >= 0.6 is 0 Å². The SMILES string of the molecule is COC(=O)[C@H](OCc1ccccc1)C(C)C. The maximum Gasteiger partial charge on any atom is 0.335 e. The van der Waals surface area contributed by atoms with Gasteiger partial charge in [-0.2, -0.15) is 0 Å². The van der Waals surface area contributed by atoms with Gasteiger partial charge in [-0.05, 0) is 11.5 Å². The van der Waals surface area contributed by atoms with Crippen LogP contribution in [-0.4, -0.2) is 19.2 Å². The van der Waals surface area contributed by atoms with Gasteiger partial charge in [-0.1, -0.05) is 44.2 Å². The molecule has 0 aromatic heterocycles. The Morgan fingerprint density at radius 1 is 1.25 bits per heavy atom. The van der Waals surface area contributed by atoms with Crippen LogP contribution in [-0.2, 0) is 20.9 Å². The Labute approximate surface area is 96.4 Å². The second kappa shape index (κ2) is 6.28. The van der Waals surface area contributed by atoms with E-state index in [0.29, 0.717) is 6.61 Å². The molecule has 0 saturated carbocycles. The van der Waals surface area contributed by atoms with Crippen LogP contribution in [0.3, 0.4) is 0 Å². The topological polar surface area (TPSA) is 35.5 Å². The van der Waals surface area contributed by atoms with Crippen molar-refractivity contribution >= 4 is 5.97 Å². The number of esters is 1. The van der Waals surface area contributed by atoms with Crippen molar-refractivity contribution < 1.29 is 14.3 Å². The van der Waals surface area contributed by atoms with Gasteiger partial charge in [0.15, 0.2) is 6.10 Å². The molecule has 0 unspecified atom stereocenters. The molecule has 3 nitrogen and oxygen atoms in total. The van der Waals surface area contributed by atoms with Crippen molar-refractivity contribution in [2.45, 2.75) is 26.6 Å². The van der Waals surface area contributed by atoms with E-state index < -0.39 is 6.10 Å². The van der Waals surface area contributed by atoms with E-state index in [-0.39, 0.29) is 11.9 Å². The Morgan fingerprint density at radius 2 is 1.88 bits per heavy atom. The highest BCUT2D eigenvalue weighted by Crippen LogP contribution is 2.11. The lowest BCUT2D eigenvalue weighted by atomic mass is 10.1. The van der Waals surface area contributed by atoms with Gasteiger partial charge in [0.2, 0.25) is 0 Å². The standard InChI is InChI=1S/C13H18O3/c1-10(2)12(13(14)15-3)16-9-11-7-5-4-6-8-11/h4-8,10,12H,9H2,1-3H3/t12-/m1/s1. The monoisotopic (exact) mass is 222 g/mol. The fourth-order valence-corrected chi connectivity index (χ4v) is 1.41. The van der Waals surface area contributed by atoms with Gasteiger partial charge in [0.25, 0.3) is 0 Å². The van der Waals surface area contributed by atoms with Crippen LogP contribution in [0, 0.1) is 5.92 Å². The van der Waals surface area contributed by atoms with E-state index in [4.69, 9.17) is 9.47 Å². The number of ether oxygens (including phenoxy) is 2. The molecule has 0 saturated heterocycles. The van der Waals surface area contributed by atoms with Crippen molar-refractivity contribution in [1.82, 2.24) is 0 Å². The van der Waals surface area contributed by atoms with Gasteiger partial charge in [0.05, 0.1) is 13.7 Å². The highest BCUT2D eigenvalue weighted by Gasteiger charge is 2.23. The number of carbonyl (C=O) groups is 1. The summed E-state index contributed by atoms with van der Waals surface area (Å²) in [4.78, 5) is 11.4. The third kappa shape index (κ3) is 3.66. The lowest BCUT2D eigenvalue weighted by Crippen LogP contribution is -2.30. The molecule has 0 aliphatic rings. The van der Waals surface area contributed by atoms with E-state index in [1.807, 2.05) is 44.2 Å². The van der Waals surface area contributed by atoms with Crippen LogP contribution in [0.15, 0.2) is 30.3 Å². The number of rotatable bonds is 5. The Balaban J connectivity index is 2.54. The summed E-state index contributed by atoms with van der Waals surface area (Å²) in [6.45, 7) is 4.30. The molecule has 3 heteroatoms. The average Bonchev–Trinajstić information content (AvgIpc) is 2.30. The van der Waals surface area contributed by atoms with Gasteiger partial charge in [-0.25, -0.2) is 4.79 Å². The van der Waals surface area contributed by atoms with Crippen LogP contribution in [0.2, 0.25) is 0 Å². The van der Waals surface area contributed by atoms with Crippen LogP contribution in [0.5, 0.6) is 0 Å². The fourth-order valence-electron chi connectivity index (χ4n) is 1.41. The summed E-state index contributed by atoms with van der Waals surface area (Å²) in [6, 6.07) is 9.77. The number of hydrogen-bond acceptors (Lipinski definition) is 3. The van der Waals surface area contributed by atoms with Crippen molar-refractivity contribution in [3.8, 4) is 0 Å². The van der Waals surface area contributed by atoms with Gasteiger partial charge in [0.1, 0.15) is 0 Å². The van der Waals surface area contributed by atoms with E-state index in [2.05, 4.69) is 0 Å². The Morgan fingerprint density at radius 3 is 2.38 bits per heavy atom. The summed E-state index contributed by atoms with van der Waals surface area (Å²) in [6.07, 6.45) is -0.495. The van der Waals surface area contributed by atoms with E-state index in [1.54, 1.807) is 0 Å². The van der Waals surface area contributed by atoms with Crippen molar-refractivity contribution in [2.75, 3.05) is 7.11 Å². The zero-order valence-corrected chi connectivity index (χ0v) is 9.97. The first-order chi connectivity index (χ1) is 7.65. The molecule has 0 radical (unpaired) electrons. The second-order valence-corrected chi connectivity index (χ2v) is 3.98. The van der Waals surface area contributed by atoms with Gasteiger partial charge >= 0.3 is 5.97 Å². The molecular weight excluding hydrogens is 204 g/mol. The molecule has 1 atom stereocenters. The fraction of sp³-hybridized carbons (Fsp3) is 0.462. The first kappa shape index (κ1) is 12.7. The van der Waals surface area contributed by atoms with Crippen molar-refractivity contribution in [3.05, 3.63) is 35.9 Å². The van der Waals surface area contributed by atoms with Gasteiger partial charge in [-0.15, -0.1) is 0 Å². The van der Waals surface area contributed by atoms with Crippen molar-refractivity contribution in [2.24, 2.45) is 5.92 Å². The number of methoxy groups -OCH3 is 1. The third-order valence-electron chi connectivity index (χ3n) is 2.31. The molecule has 0 spiro atoms. The third-order valence-corrected chi connectivity index (χ3v) is 2.31. The van der Waals surface area contributed by atoms with Gasteiger partial charge < -0.3 is 9.47 Å². The van der Waals surface area contributed by atoms with Gasteiger partial charge in [-0.3, -0.25) is 0 Å². The highest BCUT2D eigenvalue weighted by atomic mass is 16.6. The summed E-state index contributed by atoms with van der Waals surface area (Å²) in [7, 11) is 1.38. The Bertz CT molecular complexity index is 319. The zero-order valence-electron chi connectivity index (χ0n) is 9.97. The van der Waals surface area contributed by atoms with E-state index >= 15 is 0 Å². The number of carbonyl (C=O) groups excluding carboxylic acids is 1. The molecule has 1 aromatic carbocycles. The number of benzene rings is 1. The van der Waals surface area contributed by atoms with E-state index in [9.17, 15) is 4.79 Å². The molecular formula is C13H18O3. The predicted molar refractivity (Wildman–Crippen MR) is 61.9 cm³/mol. The first-order valence-electron chi connectivity index (χ1n) is 5.38. The average molecular weight is 222 g/mol. The largest absolute Gasteiger partial charge is 0.467 e. The van der Waals surface area contributed by atoms with Crippen LogP contribution < -0.4 is 0 Å². The van der Waals surface area contributed by atoms with Crippen LogP contribution in [0.1, 0.15) is 19.4 Å². The Hall–Kier alpha value is -1.35. The molecule has 1 aromatic rings. The molecule has 16 heavy (non-hydrogen) atoms. The zero-order chi connectivity index (χ0) is 12.0. The minimum Gasteiger partial charge on any atom is -0.467 e. The molecule has 1 rings (SSSR count). The lowest BCUT2D eigenvalue weighted by Gasteiger charge is -2.18. The smallest absolute Gasteiger partial charge is 0.335 e. The minimum absolute atomic E-state index is 0.108. The maximum atomic E-state index is 11.4. The first-order valence-corrected chi connectivity index (χ1v) is 5.38. The summed E-state index contributed by atoms with van der Waals surface area (Å²) in [5.74, 6) is -0.206. The van der Waals surface area contributed by atoms with E-state index in [0.717, 1.165) is 5.56 Å². The lowest BCUT2D eigenvalue weighted by molar-refractivity contribution is -0.158. The van der Waals surface area contributed by atoms with Crippen LogP contribution in [0.4, 0.5) is 0 Å². The molecule has 0 fully saturated rings. The second-order valence-electron chi connectivity index (χ2n) is 3.98. The molecule has 0 aliphatic carbocycles. The summed E-state index contributed by atoms with van der Waals surface area (Å²) < 4.78 is 10.3. The molecule has 0 bridgehead atoms. The molecule has 88 valence electrons. The van der Waals surface area contributed by atoms with Crippen molar-refractivity contribution in [1.29, 1.82) is 0 Å².